The first-order valence-corrected chi connectivity index (χ1v) is 12.9. The topological polar surface area (TPSA) is 98.8 Å². The molecule has 3 aromatic rings. The molecule has 0 aromatic heterocycles. The number of ether oxygens (including phenoxy) is 7. The lowest BCUT2D eigenvalue weighted by Gasteiger charge is -2.21. The van der Waals surface area contributed by atoms with Crippen LogP contribution in [0.15, 0.2) is 53.5 Å². The Morgan fingerprint density at radius 2 is 1.57 bits per heavy atom. The first-order valence-electron chi connectivity index (χ1n) is 12.1. The molecule has 0 saturated carbocycles. The SMILES string of the molecule is C=Cc1cc(OCc2ccccc2)cc(OC)c1C(=O)Oc1c(C)c(C)c(C(=O)OCOC)c(OCOC)c1Br. The lowest BCUT2D eigenvalue weighted by atomic mass is 10.0. The van der Waals surface area contributed by atoms with Crippen LogP contribution < -0.4 is 18.9 Å². The smallest absolute Gasteiger partial charge is 0.347 e. The van der Waals surface area contributed by atoms with Crippen molar-refractivity contribution in [2.45, 2.75) is 20.5 Å². The van der Waals surface area contributed by atoms with E-state index in [9.17, 15) is 9.59 Å². The van der Waals surface area contributed by atoms with Crippen LogP contribution in [-0.2, 0) is 20.8 Å². The molecule has 40 heavy (non-hydrogen) atoms. The molecule has 0 saturated heterocycles. The second-order valence-corrected chi connectivity index (χ2v) is 9.24. The van der Waals surface area contributed by atoms with Crippen molar-refractivity contribution in [3.63, 3.8) is 0 Å². The second-order valence-electron chi connectivity index (χ2n) is 8.44. The van der Waals surface area contributed by atoms with Gasteiger partial charge in [-0.1, -0.05) is 43.0 Å². The van der Waals surface area contributed by atoms with Gasteiger partial charge in [-0.05, 0) is 58.1 Å². The molecule has 0 heterocycles. The average molecular weight is 615 g/mol. The van der Waals surface area contributed by atoms with Gasteiger partial charge in [0.2, 0.25) is 0 Å². The lowest BCUT2D eigenvalue weighted by molar-refractivity contribution is -0.0133. The third kappa shape index (κ3) is 7.01. The minimum Gasteiger partial charge on any atom is -0.496 e. The molecule has 3 rings (SSSR count). The molecule has 0 atom stereocenters. The van der Waals surface area contributed by atoms with Crippen molar-refractivity contribution >= 4 is 33.9 Å². The van der Waals surface area contributed by atoms with E-state index in [0.29, 0.717) is 29.0 Å². The van der Waals surface area contributed by atoms with Crippen molar-refractivity contribution < 1.29 is 42.7 Å². The Hall–Kier alpha value is -3.86. The highest BCUT2D eigenvalue weighted by Gasteiger charge is 2.29. The number of benzene rings is 3. The summed E-state index contributed by atoms with van der Waals surface area (Å²) in [5.41, 5.74) is 2.73. The lowest BCUT2D eigenvalue weighted by Crippen LogP contribution is -2.17. The molecule has 9 nitrogen and oxygen atoms in total. The molecule has 0 aliphatic rings. The highest BCUT2D eigenvalue weighted by Crippen LogP contribution is 2.44. The quantitative estimate of drug-likeness (QED) is 0.125. The Bertz CT molecular complexity index is 1370. The third-order valence-corrected chi connectivity index (χ3v) is 6.65. The van der Waals surface area contributed by atoms with Gasteiger partial charge in [-0.25, -0.2) is 9.59 Å². The summed E-state index contributed by atoms with van der Waals surface area (Å²) in [5.74, 6) is -0.403. The number of carbonyl (C=O) groups excluding carboxylic acids is 2. The van der Waals surface area contributed by atoms with Gasteiger partial charge in [0, 0.05) is 20.3 Å². The molecule has 0 spiro atoms. The molecule has 0 aliphatic carbocycles. The van der Waals surface area contributed by atoms with Gasteiger partial charge in [0.15, 0.2) is 25.1 Å². The fourth-order valence-corrected chi connectivity index (χ4v) is 4.52. The first kappa shape index (κ1) is 30.7. The van der Waals surface area contributed by atoms with Crippen LogP contribution in [0, 0.1) is 13.8 Å². The molecule has 0 amide bonds. The predicted octanol–water partition coefficient (Wildman–Crippen LogP) is 6.26. The van der Waals surface area contributed by atoms with Gasteiger partial charge in [0.05, 0.1) is 7.11 Å². The maximum atomic E-state index is 13.6. The minimum absolute atomic E-state index is 0.0921. The van der Waals surface area contributed by atoms with E-state index < -0.39 is 11.9 Å². The number of hydrogen-bond donors (Lipinski definition) is 0. The largest absolute Gasteiger partial charge is 0.496 e. The summed E-state index contributed by atoms with van der Waals surface area (Å²) in [4.78, 5) is 26.4. The molecule has 212 valence electrons. The van der Waals surface area contributed by atoms with Crippen LogP contribution in [0.1, 0.15) is 43.0 Å². The van der Waals surface area contributed by atoms with Crippen LogP contribution in [0.2, 0.25) is 0 Å². The van der Waals surface area contributed by atoms with Crippen LogP contribution in [0.25, 0.3) is 6.08 Å². The van der Waals surface area contributed by atoms with Gasteiger partial charge in [-0.15, -0.1) is 0 Å². The number of rotatable bonds is 13. The summed E-state index contributed by atoms with van der Waals surface area (Å²) in [6, 6.07) is 13.0. The number of carbonyl (C=O) groups is 2. The van der Waals surface area contributed by atoms with Crippen molar-refractivity contribution in [3.8, 4) is 23.0 Å². The van der Waals surface area contributed by atoms with Crippen molar-refractivity contribution in [2.24, 2.45) is 0 Å². The zero-order valence-corrected chi connectivity index (χ0v) is 24.6. The zero-order valence-electron chi connectivity index (χ0n) is 23.0. The number of methoxy groups -OCH3 is 3. The molecule has 3 aromatic carbocycles. The zero-order chi connectivity index (χ0) is 29.2. The van der Waals surface area contributed by atoms with Crippen LogP contribution in [-0.4, -0.2) is 46.9 Å². The molecule has 0 aliphatic heterocycles. The summed E-state index contributed by atoms with van der Waals surface area (Å²) in [7, 11) is 4.29. The van der Waals surface area contributed by atoms with Gasteiger partial charge >= 0.3 is 11.9 Å². The maximum absolute atomic E-state index is 13.6. The van der Waals surface area contributed by atoms with E-state index in [2.05, 4.69) is 22.5 Å². The summed E-state index contributed by atoms with van der Waals surface area (Å²) >= 11 is 3.44. The van der Waals surface area contributed by atoms with Crippen molar-refractivity contribution in [1.29, 1.82) is 0 Å². The summed E-state index contributed by atoms with van der Waals surface area (Å²) in [6.07, 6.45) is 1.52. The minimum atomic E-state index is -0.711. The molecule has 0 radical (unpaired) electrons. The van der Waals surface area contributed by atoms with E-state index in [4.69, 9.17) is 33.2 Å². The number of hydrogen-bond acceptors (Lipinski definition) is 9. The molecular formula is C30H31BrO9. The predicted molar refractivity (Wildman–Crippen MR) is 152 cm³/mol. The Balaban J connectivity index is 2.00. The van der Waals surface area contributed by atoms with Crippen LogP contribution in [0.4, 0.5) is 0 Å². The summed E-state index contributed by atoms with van der Waals surface area (Å²) in [6.45, 7) is 7.16. The van der Waals surface area contributed by atoms with Crippen molar-refractivity contribution in [1.82, 2.24) is 0 Å². The Morgan fingerprint density at radius 1 is 0.875 bits per heavy atom. The summed E-state index contributed by atoms with van der Waals surface area (Å²) in [5, 5.41) is 0. The molecule has 10 heteroatoms. The van der Waals surface area contributed by atoms with E-state index >= 15 is 0 Å². The molecule has 0 unspecified atom stereocenters. The summed E-state index contributed by atoms with van der Waals surface area (Å²) < 4.78 is 38.3. The van der Waals surface area contributed by atoms with E-state index in [0.717, 1.165) is 5.56 Å². The first-order chi connectivity index (χ1) is 19.3. The molecule has 0 N–H and O–H groups in total. The van der Waals surface area contributed by atoms with Gasteiger partial charge in [-0.3, -0.25) is 0 Å². The van der Waals surface area contributed by atoms with Crippen LogP contribution >= 0.6 is 15.9 Å². The fourth-order valence-electron chi connectivity index (χ4n) is 3.83. The second kappa shape index (κ2) is 14.5. The van der Waals surface area contributed by atoms with E-state index in [1.807, 2.05) is 30.3 Å². The molecule has 0 fully saturated rings. The van der Waals surface area contributed by atoms with Gasteiger partial charge in [0.1, 0.15) is 33.7 Å². The van der Waals surface area contributed by atoms with Crippen LogP contribution in [0.3, 0.4) is 0 Å². The average Bonchev–Trinajstić information content (AvgIpc) is 2.97. The maximum Gasteiger partial charge on any atom is 0.347 e. The molecule has 0 bridgehead atoms. The van der Waals surface area contributed by atoms with E-state index in [1.165, 1.54) is 27.4 Å². The normalized spacial score (nSPS) is 10.6. The number of esters is 2. The van der Waals surface area contributed by atoms with Gasteiger partial charge in [-0.2, -0.15) is 0 Å². The fraction of sp³-hybridized carbons (Fsp3) is 0.267. The monoisotopic (exact) mass is 614 g/mol. The van der Waals surface area contributed by atoms with Gasteiger partial charge in [0.25, 0.3) is 0 Å². The van der Waals surface area contributed by atoms with E-state index in [1.54, 1.807) is 26.0 Å². The van der Waals surface area contributed by atoms with E-state index in [-0.39, 0.29) is 46.4 Å². The highest BCUT2D eigenvalue weighted by atomic mass is 79.9. The van der Waals surface area contributed by atoms with Crippen molar-refractivity contribution in [3.05, 3.63) is 86.9 Å². The van der Waals surface area contributed by atoms with Crippen molar-refractivity contribution in [2.75, 3.05) is 34.9 Å². The standard InChI is InChI=1S/C30H31BrO9/c1-7-21-13-22(37-15-20-11-9-8-10-12-20)14-23(36-6)25(21)30(33)40-27-19(3)18(2)24(29(32)39-17-35-5)28(26(27)31)38-16-34-4/h7-14H,1,15-17H2,2-6H3. The third-order valence-electron chi connectivity index (χ3n) is 5.93. The Labute approximate surface area is 241 Å². The Morgan fingerprint density at radius 3 is 2.20 bits per heavy atom. The number of halogens is 1. The van der Waals surface area contributed by atoms with Gasteiger partial charge < -0.3 is 33.2 Å². The highest BCUT2D eigenvalue weighted by molar-refractivity contribution is 9.10. The molecular weight excluding hydrogens is 584 g/mol. The Kier molecular flexibility index (Phi) is 11.1. The van der Waals surface area contributed by atoms with Crippen LogP contribution in [0.5, 0.6) is 23.0 Å².